The number of nitrogens with zero attached hydrogens (tertiary/aromatic N) is 1. The molecule has 2 rings (SSSR count). The lowest BCUT2D eigenvalue weighted by molar-refractivity contribution is -0.383. The third-order valence-corrected chi connectivity index (χ3v) is 2.36. The van der Waals surface area contributed by atoms with Crippen LogP contribution < -0.4 is 0 Å². The van der Waals surface area contributed by atoms with Crippen molar-refractivity contribution >= 4 is 32.5 Å². The molecule has 6 heteroatoms. The molecule has 0 saturated heterocycles. The Kier molecular flexibility index (Phi) is 1.92. The first-order valence-electron chi connectivity index (χ1n) is 3.73. The smallest absolute Gasteiger partial charge is 0.283 e. The molecular formula is C8H5BrN2O3. The highest BCUT2D eigenvalue weighted by Gasteiger charge is 2.17. The Hall–Kier alpha value is -1.56. The summed E-state index contributed by atoms with van der Waals surface area (Å²) in [4.78, 5) is 12.9. The number of nitro groups is 1. The number of non-ortho nitro benzene ring substituents is 1. The zero-order valence-corrected chi connectivity index (χ0v) is 8.41. The van der Waals surface area contributed by atoms with E-state index in [1.165, 1.54) is 12.3 Å². The molecule has 0 aliphatic heterocycles. The third kappa shape index (κ3) is 1.24. The zero-order valence-electron chi connectivity index (χ0n) is 6.82. The van der Waals surface area contributed by atoms with E-state index in [4.69, 9.17) is 0 Å². The van der Waals surface area contributed by atoms with E-state index in [1.807, 2.05) is 0 Å². The zero-order chi connectivity index (χ0) is 10.3. The fourth-order valence-electron chi connectivity index (χ4n) is 1.34. The monoisotopic (exact) mass is 256 g/mol. The van der Waals surface area contributed by atoms with Crippen LogP contribution in [0.4, 0.5) is 5.69 Å². The first-order valence-corrected chi connectivity index (χ1v) is 4.53. The Bertz CT molecular complexity index is 521. The number of hydrogen-bond acceptors (Lipinski definition) is 3. The van der Waals surface area contributed by atoms with Gasteiger partial charge < -0.3 is 10.1 Å². The molecule has 1 aromatic heterocycles. The molecule has 0 radical (unpaired) electrons. The normalized spacial score (nSPS) is 10.6. The predicted molar refractivity (Wildman–Crippen MR) is 54.3 cm³/mol. The number of aromatic nitrogens is 1. The quantitative estimate of drug-likeness (QED) is 0.608. The van der Waals surface area contributed by atoms with E-state index in [9.17, 15) is 15.2 Å². The number of nitrogens with one attached hydrogen (secondary N) is 1. The molecule has 1 heterocycles. The van der Waals surface area contributed by atoms with Crippen molar-refractivity contribution < 1.29 is 10.0 Å². The van der Waals surface area contributed by atoms with Crippen molar-refractivity contribution in [1.29, 1.82) is 0 Å². The van der Waals surface area contributed by atoms with Crippen molar-refractivity contribution in [2.45, 2.75) is 0 Å². The molecular weight excluding hydrogens is 252 g/mol. The number of aromatic amines is 1. The van der Waals surface area contributed by atoms with Crippen molar-refractivity contribution in [2.24, 2.45) is 0 Å². The standard InChI is InChI=1S/C8H5BrN2O3/c9-4-1-5-8(7(12)3-10-5)6(2-4)11(13)14/h1-3,10,12H. The summed E-state index contributed by atoms with van der Waals surface area (Å²) >= 11 is 3.15. The molecule has 2 N–H and O–H groups in total. The van der Waals surface area contributed by atoms with Crippen LogP contribution in [-0.2, 0) is 0 Å². The summed E-state index contributed by atoms with van der Waals surface area (Å²) in [5, 5.41) is 20.3. The summed E-state index contributed by atoms with van der Waals surface area (Å²) in [7, 11) is 0. The minimum atomic E-state index is -0.527. The summed E-state index contributed by atoms with van der Waals surface area (Å²) in [6.45, 7) is 0. The van der Waals surface area contributed by atoms with E-state index in [1.54, 1.807) is 6.07 Å². The molecule has 0 atom stereocenters. The average Bonchev–Trinajstić information content (AvgIpc) is 2.46. The average molecular weight is 257 g/mol. The highest BCUT2D eigenvalue weighted by Crippen LogP contribution is 2.35. The predicted octanol–water partition coefficient (Wildman–Crippen LogP) is 2.54. The number of H-pyrrole nitrogens is 1. The second-order valence-electron chi connectivity index (χ2n) is 2.78. The molecule has 5 nitrogen and oxygen atoms in total. The van der Waals surface area contributed by atoms with Crippen molar-refractivity contribution in [2.75, 3.05) is 0 Å². The van der Waals surface area contributed by atoms with Gasteiger partial charge >= 0.3 is 0 Å². The van der Waals surface area contributed by atoms with Crippen LogP contribution in [0.2, 0.25) is 0 Å². The SMILES string of the molecule is O=[N+]([O-])c1cc(Br)cc2[nH]cc(O)c12. The molecule has 0 bridgehead atoms. The Balaban J connectivity index is 2.90. The van der Waals surface area contributed by atoms with Crippen molar-refractivity contribution in [1.82, 2.24) is 4.98 Å². The number of halogens is 1. The van der Waals surface area contributed by atoms with Gasteiger partial charge in [0.25, 0.3) is 5.69 Å². The van der Waals surface area contributed by atoms with Gasteiger partial charge in [-0.3, -0.25) is 10.1 Å². The van der Waals surface area contributed by atoms with Crippen molar-refractivity contribution in [3.05, 3.63) is 32.9 Å². The second kappa shape index (κ2) is 2.98. The topological polar surface area (TPSA) is 79.2 Å². The maximum atomic E-state index is 10.7. The lowest BCUT2D eigenvalue weighted by Crippen LogP contribution is -1.88. The summed E-state index contributed by atoms with van der Waals surface area (Å²) in [5.74, 6) is -0.112. The van der Waals surface area contributed by atoms with Crippen LogP contribution in [0.1, 0.15) is 0 Å². The molecule has 0 aliphatic carbocycles. The highest BCUT2D eigenvalue weighted by atomic mass is 79.9. The van der Waals surface area contributed by atoms with Gasteiger partial charge in [0.05, 0.1) is 10.4 Å². The van der Waals surface area contributed by atoms with E-state index >= 15 is 0 Å². The van der Waals surface area contributed by atoms with Gasteiger partial charge in [0.1, 0.15) is 11.1 Å². The Morgan fingerprint density at radius 2 is 2.21 bits per heavy atom. The minimum absolute atomic E-state index is 0.112. The molecule has 0 fully saturated rings. The van der Waals surface area contributed by atoms with Gasteiger partial charge in [-0.1, -0.05) is 15.9 Å². The molecule has 14 heavy (non-hydrogen) atoms. The summed E-state index contributed by atoms with van der Waals surface area (Å²) < 4.78 is 0.596. The second-order valence-corrected chi connectivity index (χ2v) is 3.69. The first kappa shape index (κ1) is 9.01. The van der Waals surface area contributed by atoms with Crippen LogP contribution in [0.25, 0.3) is 10.9 Å². The fraction of sp³-hybridized carbons (Fsp3) is 0. The Morgan fingerprint density at radius 3 is 2.86 bits per heavy atom. The number of fused-ring (bicyclic) bond motifs is 1. The number of aromatic hydroxyl groups is 1. The van der Waals surface area contributed by atoms with E-state index in [0.29, 0.717) is 9.99 Å². The lowest BCUT2D eigenvalue weighted by Gasteiger charge is -1.96. The Morgan fingerprint density at radius 1 is 1.50 bits per heavy atom. The molecule has 0 aliphatic rings. The molecule has 72 valence electrons. The third-order valence-electron chi connectivity index (χ3n) is 1.90. The van der Waals surface area contributed by atoms with Crippen LogP contribution >= 0.6 is 15.9 Å². The van der Waals surface area contributed by atoms with Crippen LogP contribution in [0, 0.1) is 10.1 Å². The van der Waals surface area contributed by atoms with E-state index in [0.717, 1.165) is 0 Å². The molecule has 0 spiro atoms. The molecule has 0 unspecified atom stereocenters. The summed E-state index contributed by atoms with van der Waals surface area (Å²) in [6, 6.07) is 3.03. The molecule has 0 amide bonds. The van der Waals surface area contributed by atoms with Gasteiger partial charge in [0.2, 0.25) is 0 Å². The van der Waals surface area contributed by atoms with Gasteiger partial charge in [-0.25, -0.2) is 0 Å². The highest BCUT2D eigenvalue weighted by molar-refractivity contribution is 9.10. The molecule has 0 saturated carbocycles. The van der Waals surface area contributed by atoms with Gasteiger partial charge in [-0.2, -0.15) is 0 Å². The van der Waals surface area contributed by atoms with Crippen LogP contribution in [0.5, 0.6) is 5.75 Å². The van der Waals surface area contributed by atoms with Crippen LogP contribution in [0.3, 0.4) is 0 Å². The minimum Gasteiger partial charge on any atom is -0.505 e. The fourth-order valence-corrected chi connectivity index (χ4v) is 1.78. The summed E-state index contributed by atoms with van der Waals surface area (Å²) in [6.07, 6.45) is 1.32. The van der Waals surface area contributed by atoms with Crippen LogP contribution in [-0.4, -0.2) is 15.0 Å². The van der Waals surface area contributed by atoms with E-state index in [-0.39, 0.29) is 16.8 Å². The number of hydrogen-bond donors (Lipinski definition) is 2. The Labute approximate surface area is 86.6 Å². The maximum Gasteiger partial charge on any atom is 0.283 e. The maximum absolute atomic E-state index is 10.7. The number of benzene rings is 1. The van der Waals surface area contributed by atoms with E-state index < -0.39 is 4.92 Å². The van der Waals surface area contributed by atoms with E-state index in [2.05, 4.69) is 20.9 Å². The molecule has 2 aromatic rings. The van der Waals surface area contributed by atoms with Crippen molar-refractivity contribution in [3.8, 4) is 5.75 Å². The summed E-state index contributed by atoms with van der Waals surface area (Å²) in [5.41, 5.74) is 0.414. The van der Waals surface area contributed by atoms with Gasteiger partial charge in [-0.05, 0) is 6.07 Å². The van der Waals surface area contributed by atoms with Crippen LogP contribution in [0.15, 0.2) is 22.8 Å². The number of rotatable bonds is 1. The van der Waals surface area contributed by atoms with Gasteiger partial charge in [0, 0.05) is 16.7 Å². The number of nitro benzene ring substituents is 1. The van der Waals surface area contributed by atoms with Gasteiger partial charge in [0.15, 0.2) is 0 Å². The van der Waals surface area contributed by atoms with Gasteiger partial charge in [-0.15, -0.1) is 0 Å². The van der Waals surface area contributed by atoms with Crippen molar-refractivity contribution in [3.63, 3.8) is 0 Å². The lowest BCUT2D eigenvalue weighted by atomic mass is 10.2. The molecule has 1 aromatic carbocycles. The largest absolute Gasteiger partial charge is 0.505 e. The first-order chi connectivity index (χ1) is 6.59.